The predicted molar refractivity (Wildman–Crippen MR) is 112 cm³/mol. The lowest BCUT2D eigenvalue weighted by atomic mass is 9.69. The van der Waals surface area contributed by atoms with E-state index in [0.29, 0.717) is 24.1 Å². The number of fused-ring (bicyclic) bond motifs is 1. The molecule has 1 aliphatic heterocycles. The maximum absolute atomic E-state index is 13.3. The number of carbonyl (C=O) groups excluding carboxylic acids is 2. The number of anilines is 1. The van der Waals surface area contributed by atoms with Gasteiger partial charge in [0.25, 0.3) is 11.8 Å². The van der Waals surface area contributed by atoms with Crippen molar-refractivity contribution >= 4 is 28.9 Å². The summed E-state index contributed by atoms with van der Waals surface area (Å²) in [5, 5.41) is 13.4. The molecular formula is C22H22N6O2. The number of carbonyl (C=O) groups is 2. The van der Waals surface area contributed by atoms with E-state index in [-0.39, 0.29) is 17.9 Å². The summed E-state index contributed by atoms with van der Waals surface area (Å²) in [6, 6.07) is 11.3. The number of nitrogens with zero attached hydrogens (tertiary/aromatic N) is 5. The van der Waals surface area contributed by atoms with Gasteiger partial charge >= 0.3 is 0 Å². The number of nitrogens with one attached hydrogen (secondary N) is 1. The summed E-state index contributed by atoms with van der Waals surface area (Å²) in [5.41, 5.74) is 2.07. The Bertz CT molecular complexity index is 1140. The van der Waals surface area contributed by atoms with Crippen LogP contribution in [0, 0.1) is 5.41 Å². The molecule has 3 heterocycles. The first-order chi connectivity index (χ1) is 14.6. The molecule has 152 valence electrons. The van der Waals surface area contributed by atoms with E-state index < -0.39 is 5.41 Å². The molecule has 2 aliphatic rings. The summed E-state index contributed by atoms with van der Waals surface area (Å²) in [5.74, 6) is -0.151. The number of para-hydroxylation sites is 1. The lowest BCUT2D eigenvalue weighted by molar-refractivity contribution is -0.125. The quantitative estimate of drug-likeness (QED) is 0.729. The van der Waals surface area contributed by atoms with Gasteiger partial charge in [0, 0.05) is 18.4 Å². The molecule has 8 heteroatoms. The molecule has 1 N–H and O–H groups in total. The smallest absolute Gasteiger partial charge is 0.259 e. The first kappa shape index (κ1) is 18.5. The zero-order chi connectivity index (χ0) is 20.7. The molecule has 2 amide bonds. The monoisotopic (exact) mass is 402 g/mol. The van der Waals surface area contributed by atoms with Gasteiger partial charge in [-0.15, -0.1) is 0 Å². The number of amides is 2. The molecule has 0 unspecified atom stereocenters. The van der Waals surface area contributed by atoms with Crippen LogP contribution in [0.4, 0.5) is 5.69 Å². The third-order valence-electron chi connectivity index (χ3n) is 6.24. The molecule has 0 bridgehead atoms. The van der Waals surface area contributed by atoms with Crippen LogP contribution >= 0.6 is 0 Å². The number of hydrogen-bond acceptors (Lipinski definition) is 5. The van der Waals surface area contributed by atoms with Crippen LogP contribution in [0.5, 0.6) is 0 Å². The van der Waals surface area contributed by atoms with Gasteiger partial charge < -0.3 is 5.32 Å². The van der Waals surface area contributed by atoms with Crippen molar-refractivity contribution in [3.8, 4) is 0 Å². The van der Waals surface area contributed by atoms with Crippen LogP contribution < -0.4 is 10.3 Å². The summed E-state index contributed by atoms with van der Waals surface area (Å²) in [7, 11) is 0. The van der Waals surface area contributed by atoms with E-state index in [2.05, 4.69) is 20.5 Å². The number of benzene rings is 1. The van der Waals surface area contributed by atoms with E-state index in [1.807, 2.05) is 37.3 Å². The molecule has 2 aromatic heterocycles. The molecule has 1 fully saturated rings. The predicted octanol–water partition coefficient (Wildman–Crippen LogP) is 2.81. The van der Waals surface area contributed by atoms with Crippen LogP contribution in [0.2, 0.25) is 0 Å². The van der Waals surface area contributed by atoms with E-state index in [1.54, 1.807) is 23.0 Å². The van der Waals surface area contributed by atoms with Crippen LogP contribution in [0.1, 0.15) is 43.0 Å². The largest absolute Gasteiger partial charge is 0.349 e. The zero-order valence-corrected chi connectivity index (χ0v) is 16.7. The Morgan fingerprint density at radius 3 is 2.70 bits per heavy atom. The van der Waals surface area contributed by atoms with Crippen LogP contribution in [0.15, 0.2) is 60.1 Å². The first-order valence-corrected chi connectivity index (χ1v) is 10.1. The van der Waals surface area contributed by atoms with Gasteiger partial charge in [-0.3, -0.25) is 9.59 Å². The van der Waals surface area contributed by atoms with Crippen LogP contribution in [-0.2, 0) is 4.79 Å². The molecule has 5 rings (SSSR count). The van der Waals surface area contributed by atoms with Gasteiger partial charge in [0.05, 0.1) is 23.0 Å². The average molecular weight is 402 g/mol. The summed E-state index contributed by atoms with van der Waals surface area (Å²) in [6.07, 6.45) is 7.72. The van der Waals surface area contributed by atoms with Gasteiger partial charge in [0.2, 0.25) is 0 Å². The Kier molecular flexibility index (Phi) is 4.34. The highest BCUT2D eigenvalue weighted by atomic mass is 16.2. The van der Waals surface area contributed by atoms with Crippen molar-refractivity contribution in [2.24, 2.45) is 10.5 Å². The Morgan fingerprint density at radius 1 is 1.17 bits per heavy atom. The molecule has 1 spiro atoms. The Labute approximate surface area is 173 Å². The molecule has 1 saturated carbocycles. The number of hydrogen-bond donors (Lipinski definition) is 1. The topological polar surface area (TPSA) is 92.0 Å². The van der Waals surface area contributed by atoms with Crippen molar-refractivity contribution in [2.75, 3.05) is 5.01 Å². The molecule has 30 heavy (non-hydrogen) atoms. The molecule has 1 aliphatic carbocycles. The maximum Gasteiger partial charge on any atom is 0.259 e. The third kappa shape index (κ3) is 2.87. The lowest BCUT2D eigenvalue weighted by Gasteiger charge is -2.36. The highest BCUT2D eigenvalue weighted by molar-refractivity contribution is 6.18. The lowest BCUT2D eigenvalue weighted by Crippen LogP contribution is -2.46. The minimum atomic E-state index is -0.566. The second-order valence-electron chi connectivity index (χ2n) is 7.91. The maximum atomic E-state index is 13.3. The fraction of sp³-hybridized carbons (Fsp3) is 0.318. The van der Waals surface area contributed by atoms with Gasteiger partial charge in [0.1, 0.15) is 5.56 Å². The summed E-state index contributed by atoms with van der Waals surface area (Å²) >= 11 is 0. The fourth-order valence-electron chi connectivity index (χ4n) is 4.47. The SMILES string of the molecule is CC1=NN(c2ccccc2)C(=O)[C@]12CC[C@H](NC(=O)c1cnn3cccnc13)CC2. The van der Waals surface area contributed by atoms with Gasteiger partial charge in [-0.1, -0.05) is 18.2 Å². The molecule has 1 aromatic carbocycles. The Morgan fingerprint density at radius 2 is 1.93 bits per heavy atom. The first-order valence-electron chi connectivity index (χ1n) is 10.1. The van der Waals surface area contributed by atoms with Crippen molar-refractivity contribution < 1.29 is 9.59 Å². The van der Waals surface area contributed by atoms with Crippen molar-refractivity contribution in [3.63, 3.8) is 0 Å². The van der Waals surface area contributed by atoms with E-state index >= 15 is 0 Å². The highest BCUT2D eigenvalue weighted by Gasteiger charge is 2.51. The minimum absolute atomic E-state index is 0.00756. The summed E-state index contributed by atoms with van der Waals surface area (Å²) in [6.45, 7) is 1.93. The van der Waals surface area contributed by atoms with Crippen molar-refractivity contribution in [3.05, 3.63) is 60.6 Å². The Hall–Kier alpha value is -3.55. The van der Waals surface area contributed by atoms with Crippen molar-refractivity contribution in [1.29, 1.82) is 0 Å². The molecule has 8 nitrogen and oxygen atoms in total. The van der Waals surface area contributed by atoms with E-state index in [9.17, 15) is 9.59 Å². The highest BCUT2D eigenvalue weighted by Crippen LogP contribution is 2.44. The third-order valence-corrected chi connectivity index (χ3v) is 6.24. The van der Waals surface area contributed by atoms with Crippen LogP contribution in [0.3, 0.4) is 0 Å². The van der Waals surface area contributed by atoms with Gasteiger partial charge in [-0.05, 0) is 50.8 Å². The summed E-state index contributed by atoms with van der Waals surface area (Å²) < 4.78 is 1.58. The standard InChI is InChI=1S/C22H22N6O2/c1-15-22(21(30)28(26-15)17-6-3-2-4-7-17)10-8-16(9-11-22)25-20(29)18-14-24-27-13-5-12-23-19(18)27/h2-7,12-14,16H,8-11H2,1H3,(H,25,29)/t16-,22-. The number of hydrazone groups is 1. The fourth-order valence-corrected chi connectivity index (χ4v) is 4.47. The summed E-state index contributed by atoms with van der Waals surface area (Å²) in [4.78, 5) is 30.3. The second-order valence-corrected chi connectivity index (χ2v) is 7.91. The molecule has 3 aromatic rings. The van der Waals surface area contributed by atoms with Crippen molar-refractivity contribution in [1.82, 2.24) is 19.9 Å². The second kappa shape index (κ2) is 7.05. The zero-order valence-electron chi connectivity index (χ0n) is 16.7. The van der Waals surface area contributed by atoms with Crippen molar-refractivity contribution in [2.45, 2.75) is 38.6 Å². The minimum Gasteiger partial charge on any atom is -0.349 e. The molecule has 0 atom stereocenters. The number of aromatic nitrogens is 3. The van der Waals surface area contributed by atoms with E-state index in [1.165, 1.54) is 11.2 Å². The van der Waals surface area contributed by atoms with Gasteiger partial charge in [-0.25, -0.2) is 9.50 Å². The molecular weight excluding hydrogens is 380 g/mol. The van der Waals surface area contributed by atoms with E-state index in [0.717, 1.165) is 24.2 Å². The van der Waals surface area contributed by atoms with Gasteiger partial charge in [0.15, 0.2) is 5.65 Å². The van der Waals surface area contributed by atoms with Crippen LogP contribution in [-0.4, -0.2) is 38.2 Å². The normalized spacial score (nSPS) is 23.8. The van der Waals surface area contributed by atoms with Gasteiger partial charge in [-0.2, -0.15) is 15.2 Å². The average Bonchev–Trinajstić information content (AvgIpc) is 3.31. The Balaban J connectivity index is 1.28. The molecule has 0 saturated heterocycles. The van der Waals surface area contributed by atoms with Crippen LogP contribution in [0.25, 0.3) is 5.65 Å². The number of rotatable bonds is 3. The van der Waals surface area contributed by atoms with E-state index in [4.69, 9.17) is 0 Å². The molecule has 0 radical (unpaired) electrons.